The van der Waals surface area contributed by atoms with Crippen LogP contribution in [0, 0.1) is 11.3 Å². The van der Waals surface area contributed by atoms with Gasteiger partial charge in [-0.2, -0.15) is 5.26 Å². The van der Waals surface area contributed by atoms with E-state index in [4.69, 9.17) is 10.00 Å². The van der Waals surface area contributed by atoms with E-state index >= 15 is 0 Å². The Morgan fingerprint density at radius 3 is 2.65 bits per heavy atom. The molecule has 0 amide bonds. The minimum atomic E-state index is 0.337. The maximum Gasteiger partial charge on any atom is 0.140 e. The predicted octanol–water partition coefficient (Wildman–Crippen LogP) is 2.16. The molecule has 0 bridgehead atoms. The van der Waals surface area contributed by atoms with E-state index in [1.165, 1.54) is 0 Å². The maximum atomic E-state index is 8.64. The first-order valence-electron chi connectivity index (χ1n) is 5.28. The highest BCUT2D eigenvalue weighted by molar-refractivity contribution is 5.57. The van der Waals surface area contributed by atoms with Crippen molar-refractivity contribution in [3.8, 4) is 23.2 Å². The van der Waals surface area contributed by atoms with Gasteiger partial charge >= 0.3 is 0 Å². The molecule has 4 heteroatoms. The third kappa shape index (κ3) is 2.28. The summed E-state index contributed by atoms with van der Waals surface area (Å²) < 4.78 is 7.03. The highest BCUT2D eigenvalue weighted by Gasteiger charge is 2.07. The Labute approximate surface area is 100 Å². The Morgan fingerprint density at radius 2 is 2.06 bits per heavy atom. The molecule has 0 aliphatic heterocycles. The second kappa shape index (κ2) is 4.71. The molecule has 0 radical (unpaired) electrons. The largest absolute Gasteiger partial charge is 0.497 e. The van der Waals surface area contributed by atoms with Crippen molar-refractivity contribution < 1.29 is 4.74 Å². The molecular formula is C13H13N3O. The number of rotatable bonds is 3. The first-order chi connectivity index (χ1) is 8.24. The molecule has 0 aliphatic carbocycles. The summed E-state index contributed by atoms with van der Waals surface area (Å²) in [5.74, 6) is 1.68. The third-order valence-corrected chi connectivity index (χ3v) is 2.53. The second-order valence-corrected chi connectivity index (χ2v) is 3.73. The van der Waals surface area contributed by atoms with E-state index in [0.29, 0.717) is 6.42 Å². The standard InChI is InChI=1S/C13H13N3O/c1-16-9-11(7-8-14)15-13(16)10-3-5-12(17-2)6-4-10/h3-6,9H,7H2,1-2H3. The number of nitriles is 1. The van der Waals surface area contributed by atoms with Crippen LogP contribution in [-0.2, 0) is 13.5 Å². The molecule has 0 aliphatic rings. The van der Waals surface area contributed by atoms with Gasteiger partial charge in [0, 0.05) is 18.8 Å². The molecule has 1 aromatic heterocycles. The fraction of sp³-hybridized carbons (Fsp3) is 0.231. The van der Waals surface area contributed by atoms with Crippen LogP contribution >= 0.6 is 0 Å². The van der Waals surface area contributed by atoms with Crippen LogP contribution in [0.1, 0.15) is 5.69 Å². The number of ether oxygens (including phenoxy) is 1. The quantitative estimate of drug-likeness (QED) is 0.807. The van der Waals surface area contributed by atoms with E-state index in [9.17, 15) is 0 Å². The van der Waals surface area contributed by atoms with Crippen molar-refractivity contribution in [3.05, 3.63) is 36.2 Å². The number of hydrogen-bond acceptors (Lipinski definition) is 3. The SMILES string of the molecule is COc1ccc(-c2nc(CC#N)cn2C)cc1. The topological polar surface area (TPSA) is 50.8 Å². The number of aryl methyl sites for hydroxylation is 1. The molecule has 0 spiro atoms. The molecule has 0 saturated carbocycles. The number of nitrogens with zero attached hydrogens (tertiary/aromatic N) is 3. The molecule has 17 heavy (non-hydrogen) atoms. The van der Waals surface area contributed by atoms with Crippen LogP contribution in [0.3, 0.4) is 0 Å². The molecule has 0 atom stereocenters. The molecule has 2 rings (SSSR count). The van der Waals surface area contributed by atoms with E-state index in [1.54, 1.807) is 7.11 Å². The van der Waals surface area contributed by atoms with Crippen molar-refractivity contribution in [1.29, 1.82) is 5.26 Å². The summed E-state index contributed by atoms with van der Waals surface area (Å²) in [7, 11) is 3.56. The van der Waals surface area contributed by atoms with Gasteiger partial charge in [0.25, 0.3) is 0 Å². The average molecular weight is 227 g/mol. The van der Waals surface area contributed by atoms with E-state index in [0.717, 1.165) is 22.8 Å². The predicted molar refractivity (Wildman–Crippen MR) is 64.5 cm³/mol. The van der Waals surface area contributed by atoms with Crippen LogP contribution in [-0.4, -0.2) is 16.7 Å². The maximum absolute atomic E-state index is 8.64. The molecule has 4 nitrogen and oxygen atoms in total. The minimum absolute atomic E-state index is 0.337. The van der Waals surface area contributed by atoms with Crippen molar-refractivity contribution in [3.63, 3.8) is 0 Å². The van der Waals surface area contributed by atoms with Gasteiger partial charge in [0.05, 0.1) is 25.3 Å². The van der Waals surface area contributed by atoms with Gasteiger partial charge in [0.15, 0.2) is 0 Å². The molecule has 0 N–H and O–H groups in total. The third-order valence-electron chi connectivity index (χ3n) is 2.53. The fourth-order valence-electron chi connectivity index (χ4n) is 1.70. The highest BCUT2D eigenvalue weighted by Crippen LogP contribution is 2.21. The summed E-state index contributed by atoms with van der Waals surface area (Å²) in [6.07, 6.45) is 2.22. The average Bonchev–Trinajstić information content (AvgIpc) is 2.71. The molecule has 2 aromatic rings. The molecule has 0 unspecified atom stereocenters. The zero-order chi connectivity index (χ0) is 12.3. The summed E-state index contributed by atoms with van der Waals surface area (Å²) in [5.41, 5.74) is 1.80. The van der Waals surface area contributed by atoms with Crippen LogP contribution < -0.4 is 4.74 Å². The fourth-order valence-corrected chi connectivity index (χ4v) is 1.70. The van der Waals surface area contributed by atoms with Crippen molar-refractivity contribution in [2.45, 2.75) is 6.42 Å². The van der Waals surface area contributed by atoms with Crippen molar-refractivity contribution in [2.75, 3.05) is 7.11 Å². The Bertz CT molecular complexity index is 549. The normalized spacial score (nSPS) is 9.94. The number of hydrogen-bond donors (Lipinski definition) is 0. The van der Waals surface area contributed by atoms with Gasteiger partial charge in [-0.25, -0.2) is 4.98 Å². The van der Waals surface area contributed by atoms with Gasteiger partial charge < -0.3 is 9.30 Å². The zero-order valence-electron chi connectivity index (χ0n) is 9.84. The lowest BCUT2D eigenvalue weighted by molar-refractivity contribution is 0.415. The van der Waals surface area contributed by atoms with Gasteiger partial charge in [0.2, 0.25) is 0 Å². The lowest BCUT2D eigenvalue weighted by atomic mass is 10.2. The van der Waals surface area contributed by atoms with E-state index in [2.05, 4.69) is 11.1 Å². The summed E-state index contributed by atoms with van der Waals surface area (Å²) >= 11 is 0. The second-order valence-electron chi connectivity index (χ2n) is 3.73. The van der Waals surface area contributed by atoms with Crippen molar-refractivity contribution in [1.82, 2.24) is 9.55 Å². The smallest absolute Gasteiger partial charge is 0.140 e. The Kier molecular flexibility index (Phi) is 3.10. The highest BCUT2D eigenvalue weighted by atomic mass is 16.5. The number of benzene rings is 1. The van der Waals surface area contributed by atoms with Crippen LogP contribution in [0.25, 0.3) is 11.4 Å². The molecule has 1 heterocycles. The summed E-state index contributed by atoms with van der Waals surface area (Å²) in [4.78, 5) is 4.42. The monoisotopic (exact) mass is 227 g/mol. The van der Waals surface area contributed by atoms with Crippen LogP contribution in [0.5, 0.6) is 5.75 Å². The minimum Gasteiger partial charge on any atom is -0.497 e. The van der Waals surface area contributed by atoms with Crippen LogP contribution in [0.2, 0.25) is 0 Å². The molecule has 1 aromatic carbocycles. The van der Waals surface area contributed by atoms with Gasteiger partial charge in [0.1, 0.15) is 11.6 Å². The zero-order valence-corrected chi connectivity index (χ0v) is 9.84. The molecule has 0 fully saturated rings. The Balaban J connectivity index is 2.35. The van der Waals surface area contributed by atoms with Gasteiger partial charge in [-0.05, 0) is 24.3 Å². The summed E-state index contributed by atoms with van der Waals surface area (Å²) in [6, 6.07) is 9.80. The van der Waals surface area contributed by atoms with Gasteiger partial charge in [-0.1, -0.05) is 0 Å². The van der Waals surface area contributed by atoms with E-state index in [-0.39, 0.29) is 0 Å². The molecule has 86 valence electrons. The van der Waals surface area contributed by atoms with E-state index < -0.39 is 0 Å². The van der Waals surface area contributed by atoms with Crippen molar-refractivity contribution >= 4 is 0 Å². The van der Waals surface area contributed by atoms with Crippen molar-refractivity contribution in [2.24, 2.45) is 7.05 Å². The number of methoxy groups -OCH3 is 1. The lowest BCUT2D eigenvalue weighted by Crippen LogP contribution is -1.91. The van der Waals surface area contributed by atoms with Crippen LogP contribution in [0.4, 0.5) is 0 Å². The Hall–Kier alpha value is -2.28. The summed E-state index contributed by atoms with van der Waals surface area (Å²) in [5, 5.41) is 8.64. The van der Waals surface area contributed by atoms with E-state index in [1.807, 2.05) is 42.1 Å². The summed E-state index contributed by atoms with van der Waals surface area (Å²) in [6.45, 7) is 0. The first kappa shape index (κ1) is 11.2. The number of aromatic nitrogens is 2. The first-order valence-corrected chi connectivity index (χ1v) is 5.28. The number of imidazole rings is 1. The van der Waals surface area contributed by atoms with Gasteiger partial charge in [-0.15, -0.1) is 0 Å². The van der Waals surface area contributed by atoms with Crippen LogP contribution in [0.15, 0.2) is 30.5 Å². The van der Waals surface area contributed by atoms with Gasteiger partial charge in [-0.3, -0.25) is 0 Å². The Morgan fingerprint density at radius 1 is 1.35 bits per heavy atom. The lowest BCUT2D eigenvalue weighted by Gasteiger charge is -2.03. The molecule has 0 saturated heterocycles. The molecular weight excluding hydrogens is 214 g/mol.